The number of ether oxygens (including phenoxy) is 3. The van der Waals surface area contributed by atoms with Crippen LogP contribution in [-0.2, 0) is 9.47 Å². The lowest BCUT2D eigenvalue weighted by molar-refractivity contribution is -0.915. The number of halogens is 2. The van der Waals surface area contributed by atoms with Gasteiger partial charge < -0.3 is 19.1 Å². The quantitative estimate of drug-likeness (QED) is 0.721. The molecule has 0 saturated carbocycles. The molecule has 1 fully saturated rings. The van der Waals surface area contributed by atoms with Gasteiger partial charge >= 0.3 is 0 Å². The Labute approximate surface area is 145 Å². The van der Waals surface area contributed by atoms with Gasteiger partial charge in [0.25, 0.3) is 0 Å². The summed E-state index contributed by atoms with van der Waals surface area (Å²) in [5.41, 5.74) is 0. The van der Waals surface area contributed by atoms with Crippen molar-refractivity contribution in [1.29, 1.82) is 0 Å². The van der Waals surface area contributed by atoms with Crippen LogP contribution in [0, 0.1) is 0 Å². The van der Waals surface area contributed by atoms with Crippen molar-refractivity contribution in [1.82, 2.24) is 0 Å². The number of hydrogen-bond donors (Lipinski definition) is 1. The van der Waals surface area contributed by atoms with Crippen molar-refractivity contribution in [2.45, 2.75) is 26.1 Å². The van der Waals surface area contributed by atoms with Gasteiger partial charge in [0.1, 0.15) is 44.2 Å². The van der Waals surface area contributed by atoms with E-state index in [-0.39, 0.29) is 0 Å². The molecule has 22 heavy (non-hydrogen) atoms. The van der Waals surface area contributed by atoms with Gasteiger partial charge in [-0.2, -0.15) is 0 Å². The molecule has 0 spiro atoms. The van der Waals surface area contributed by atoms with Crippen molar-refractivity contribution < 1.29 is 19.1 Å². The molecule has 0 bridgehead atoms. The number of benzene rings is 1. The van der Waals surface area contributed by atoms with E-state index in [1.807, 2.05) is 18.2 Å². The standard InChI is InChI=1S/C16H23BrClNO3/c1-12-10-19(11-13(2)22-12)5-6-20-7-8-21-16-4-3-14(18)9-15(16)17/h3-4,9,12-13H,5-8,10-11H2,1-2H3/p+1/t12-,13-/m0/s1. The summed E-state index contributed by atoms with van der Waals surface area (Å²) in [5, 5.41) is 0.687. The van der Waals surface area contributed by atoms with E-state index < -0.39 is 0 Å². The van der Waals surface area contributed by atoms with Crippen molar-refractivity contribution >= 4 is 27.5 Å². The predicted molar refractivity (Wildman–Crippen MR) is 91.0 cm³/mol. The number of rotatable bonds is 7. The van der Waals surface area contributed by atoms with Crippen LogP contribution in [0.1, 0.15) is 13.8 Å². The molecule has 124 valence electrons. The van der Waals surface area contributed by atoms with Gasteiger partial charge in [-0.15, -0.1) is 0 Å². The van der Waals surface area contributed by atoms with Crippen LogP contribution in [0.4, 0.5) is 0 Å². The molecule has 1 heterocycles. The average Bonchev–Trinajstić information content (AvgIpc) is 2.43. The van der Waals surface area contributed by atoms with Crippen LogP contribution >= 0.6 is 27.5 Å². The molecule has 1 N–H and O–H groups in total. The molecule has 0 amide bonds. The largest absolute Gasteiger partial charge is 0.490 e. The third-order valence-corrected chi connectivity index (χ3v) is 4.45. The maximum absolute atomic E-state index is 5.89. The minimum Gasteiger partial charge on any atom is -0.490 e. The van der Waals surface area contributed by atoms with E-state index >= 15 is 0 Å². The van der Waals surface area contributed by atoms with Gasteiger partial charge in [-0.05, 0) is 48.0 Å². The first-order valence-electron chi connectivity index (χ1n) is 7.69. The normalized spacial score (nSPS) is 25.2. The molecule has 1 aromatic carbocycles. The molecular formula is C16H24BrClNO3+. The third kappa shape index (κ3) is 6.05. The fourth-order valence-electron chi connectivity index (χ4n) is 2.71. The van der Waals surface area contributed by atoms with Crippen molar-refractivity contribution in [3.8, 4) is 5.75 Å². The van der Waals surface area contributed by atoms with E-state index in [1.54, 1.807) is 4.90 Å². The third-order valence-electron chi connectivity index (χ3n) is 3.60. The van der Waals surface area contributed by atoms with E-state index in [1.165, 1.54) is 0 Å². The molecule has 0 aromatic heterocycles. The summed E-state index contributed by atoms with van der Waals surface area (Å²) >= 11 is 9.32. The van der Waals surface area contributed by atoms with Crippen LogP contribution in [0.5, 0.6) is 5.75 Å². The second-order valence-corrected chi connectivity index (χ2v) is 6.99. The number of quaternary nitrogens is 1. The average molecular weight is 394 g/mol. The molecule has 0 radical (unpaired) electrons. The Morgan fingerprint density at radius 1 is 1.23 bits per heavy atom. The van der Waals surface area contributed by atoms with Crippen LogP contribution in [0.3, 0.4) is 0 Å². The fraction of sp³-hybridized carbons (Fsp3) is 0.625. The molecule has 1 aliphatic rings. The Morgan fingerprint density at radius 2 is 1.95 bits per heavy atom. The van der Waals surface area contributed by atoms with Crippen molar-refractivity contribution in [2.24, 2.45) is 0 Å². The summed E-state index contributed by atoms with van der Waals surface area (Å²) in [7, 11) is 0. The highest BCUT2D eigenvalue weighted by molar-refractivity contribution is 9.10. The van der Waals surface area contributed by atoms with Gasteiger partial charge in [0, 0.05) is 5.02 Å². The van der Waals surface area contributed by atoms with Crippen LogP contribution in [0.2, 0.25) is 5.02 Å². The summed E-state index contributed by atoms with van der Waals surface area (Å²) in [6, 6.07) is 5.49. The van der Waals surface area contributed by atoms with Crippen LogP contribution in [0.15, 0.2) is 22.7 Å². The molecule has 1 aliphatic heterocycles. The highest BCUT2D eigenvalue weighted by Crippen LogP contribution is 2.27. The Morgan fingerprint density at radius 3 is 2.64 bits per heavy atom. The van der Waals surface area contributed by atoms with Gasteiger partial charge in [0.15, 0.2) is 0 Å². The maximum Gasteiger partial charge on any atom is 0.133 e. The first-order valence-corrected chi connectivity index (χ1v) is 8.86. The summed E-state index contributed by atoms with van der Waals surface area (Å²) in [6.45, 7) is 9.27. The topological polar surface area (TPSA) is 32.1 Å². The SMILES string of the molecule is C[C@H]1C[NH+](CCOCCOc2ccc(Cl)cc2Br)C[C@H](C)O1. The van der Waals surface area contributed by atoms with Gasteiger partial charge in [0.05, 0.1) is 17.7 Å². The molecule has 2 rings (SSSR count). The zero-order chi connectivity index (χ0) is 15.9. The van der Waals surface area contributed by atoms with Crippen molar-refractivity contribution in [2.75, 3.05) is 39.5 Å². The maximum atomic E-state index is 5.89. The lowest BCUT2D eigenvalue weighted by Gasteiger charge is -2.32. The lowest BCUT2D eigenvalue weighted by Crippen LogP contribution is -3.15. The first-order chi connectivity index (χ1) is 10.5. The van der Waals surface area contributed by atoms with Gasteiger partial charge in [-0.25, -0.2) is 0 Å². The minimum atomic E-state index is 0.337. The Balaban J connectivity index is 1.57. The van der Waals surface area contributed by atoms with Gasteiger partial charge in [-0.1, -0.05) is 11.6 Å². The lowest BCUT2D eigenvalue weighted by atomic mass is 10.2. The van der Waals surface area contributed by atoms with Crippen LogP contribution in [0.25, 0.3) is 0 Å². The molecule has 0 unspecified atom stereocenters. The van der Waals surface area contributed by atoms with E-state index in [9.17, 15) is 0 Å². The molecule has 4 nitrogen and oxygen atoms in total. The highest BCUT2D eigenvalue weighted by atomic mass is 79.9. The molecule has 1 saturated heterocycles. The van der Waals surface area contributed by atoms with E-state index in [4.69, 9.17) is 25.8 Å². The Bertz CT molecular complexity index is 465. The van der Waals surface area contributed by atoms with E-state index in [2.05, 4.69) is 29.8 Å². The predicted octanol–water partition coefficient (Wildman–Crippen LogP) is 2.19. The van der Waals surface area contributed by atoms with E-state index in [0.29, 0.717) is 30.4 Å². The monoisotopic (exact) mass is 392 g/mol. The summed E-state index contributed by atoms with van der Waals surface area (Å²) in [6.07, 6.45) is 0.675. The first kappa shape index (κ1) is 18.0. The van der Waals surface area contributed by atoms with Crippen molar-refractivity contribution in [3.63, 3.8) is 0 Å². The summed E-state index contributed by atoms with van der Waals surface area (Å²) in [5.74, 6) is 0.787. The van der Waals surface area contributed by atoms with Gasteiger partial charge in [0.2, 0.25) is 0 Å². The zero-order valence-corrected chi connectivity index (χ0v) is 15.5. The van der Waals surface area contributed by atoms with Crippen molar-refractivity contribution in [3.05, 3.63) is 27.7 Å². The Hall–Kier alpha value is -0.330. The molecule has 1 aromatic rings. The van der Waals surface area contributed by atoms with E-state index in [0.717, 1.165) is 36.5 Å². The van der Waals surface area contributed by atoms with Crippen LogP contribution < -0.4 is 9.64 Å². The molecule has 0 aliphatic carbocycles. The fourth-order valence-corrected chi connectivity index (χ4v) is 3.51. The highest BCUT2D eigenvalue weighted by Gasteiger charge is 2.24. The Kier molecular flexibility index (Phi) is 7.44. The number of nitrogens with one attached hydrogen (secondary N) is 1. The van der Waals surface area contributed by atoms with Crippen LogP contribution in [-0.4, -0.2) is 51.7 Å². The molecule has 6 heteroatoms. The molecular weight excluding hydrogens is 370 g/mol. The smallest absolute Gasteiger partial charge is 0.133 e. The second-order valence-electron chi connectivity index (χ2n) is 5.70. The molecule has 2 atom stereocenters. The summed E-state index contributed by atoms with van der Waals surface area (Å²) in [4.78, 5) is 1.55. The number of morpholine rings is 1. The second kappa shape index (κ2) is 9.08. The summed E-state index contributed by atoms with van der Waals surface area (Å²) < 4.78 is 17.9. The zero-order valence-electron chi connectivity index (χ0n) is 13.1. The minimum absolute atomic E-state index is 0.337. The van der Waals surface area contributed by atoms with Gasteiger partial charge in [-0.3, -0.25) is 0 Å². The number of hydrogen-bond acceptors (Lipinski definition) is 3.